The minimum absolute atomic E-state index is 0.332. The third kappa shape index (κ3) is 3.84. The molecule has 0 saturated carbocycles. The molecule has 0 radical (unpaired) electrons. The fourth-order valence-corrected chi connectivity index (χ4v) is 5.03. The van der Waals surface area contributed by atoms with Crippen molar-refractivity contribution in [2.75, 3.05) is 32.2 Å². The molecule has 0 spiro atoms. The number of carbonyl (C=O) groups excluding carboxylic acids is 2. The molecule has 4 rings (SSSR count). The number of nitrogens with zero attached hydrogens (tertiary/aromatic N) is 2. The fraction of sp³-hybridized carbons (Fsp3) is 0.360. The number of benzene rings is 2. The van der Waals surface area contributed by atoms with Crippen LogP contribution in [-0.4, -0.2) is 44.0 Å². The number of rotatable bonds is 5. The zero-order chi connectivity index (χ0) is 23.0. The maximum atomic E-state index is 13.8. The quantitative estimate of drug-likeness (QED) is 0.617. The Morgan fingerprint density at radius 2 is 1.56 bits per heavy atom. The van der Waals surface area contributed by atoms with Gasteiger partial charge in [0.05, 0.1) is 30.5 Å². The van der Waals surface area contributed by atoms with Gasteiger partial charge in [-0.1, -0.05) is 43.6 Å². The van der Waals surface area contributed by atoms with Crippen LogP contribution in [0, 0.1) is 11.8 Å². The molecule has 2 aromatic carbocycles. The third-order valence-corrected chi connectivity index (χ3v) is 6.31. The van der Waals surface area contributed by atoms with Crippen LogP contribution in [0.15, 0.2) is 48.2 Å². The molecule has 0 aromatic heterocycles. The van der Waals surface area contributed by atoms with Crippen molar-refractivity contribution < 1.29 is 19.1 Å². The number of halogens is 1. The Hall–Kier alpha value is -2.99. The molecular weight excluding hydrogens is 428 g/mol. The molecule has 0 bridgehead atoms. The number of ether oxygens (including phenoxy) is 2. The Balaban J connectivity index is 1.86. The molecule has 6 nitrogen and oxygen atoms in total. The summed E-state index contributed by atoms with van der Waals surface area (Å²) in [5, 5.41) is 0.332. The molecule has 2 unspecified atom stereocenters. The van der Waals surface area contributed by atoms with E-state index in [9.17, 15) is 9.59 Å². The fourth-order valence-electron chi connectivity index (χ4n) is 4.78. The summed E-state index contributed by atoms with van der Waals surface area (Å²) in [6, 6.07) is 12.2. The number of piperidine rings is 1. The van der Waals surface area contributed by atoms with Gasteiger partial charge in [-0.2, -0.15) is 0 Å². The summed E-state index contributed by atoms with van der Waals surface area (Å²) in [7, 11) is 3.08. The van der Waals surface area contributed by atoms with Gasteiger partial charge in [0, 0.05) is 18.7 Å². The summed E-state index contributed by atoms with van der Waals surface area (Å²) in [4.78, 5) is 30.8. The summed E-state index contributed by atoms with van der Waals surface area (Å²) in [6.07, 6.45) is 1.09. The first-order valence-electron chi connectivity index (χ1n) is 10.7. The number of para-hydroxylation sites is 1. The van der Waals surface area contributed by atoms with E-state index in [-0.39, 0.29) is 11.8 Å². The van der Waals surface area contributed by atoms with Gasteiger partial charge in [0.2, 0.25) is 0 Å². The van der Waals surface area contributed by atoms with E-state index in [0.717, 1.165) is 6.42 Å². The van der Waals surface area contributed by atoms with Crippen molar-refractivity contribution in [2.24, 2.45) is 11.8 Å². The van der Waals surface area contributed by atoms with Crippen molar-refractivity contribution in [1.29, 1.82) is 0 Å². The second kappa shape index (κ2) is 8.87. The molecule has 32 heavy (non-hydrogen) atoms. The molecule has 2 atom stereocenters. The van der Waals surface area contributed by atoms with Gasteiger partial charge in [-0.3, -0.25) is 9.59 Å². The second-order valence-electron chi connectivity index (χ2n) is 8.54. The molecule has 1 saturated heterocycles. The summed E-state index contributed by atoms with van der Waals surface area (Å²) < 4.78 is 10.8. The van der Waals surface area contributed by atoms with E-state index in [2.05, 4.69) is 18.7 Å². The molecule has 2 heterocycles. The first-order chi connectivity index (χ1) is 15.3. The van der Waals surface area contributed by atoms with Crippen LogP contribution in [0.3, 0.4) is 0 Å². The molecular formula is C25H27ClN2O4. The van der Waals surface area contributed by atoms with Crippen molar-refractivity contribution in [2.45, 2.75) is 20.3 Å². The topological polar surface area (TPSA) is 59.1 Å². The number of imide groups is 1. The van der Waals surface area contributed by atoms with Crippen LogP contribution in [-0.2, 0) is 9.59 Å². The van der Waals surface area contributed by atoms with E-state index in [4.69, 9.17) is 21.1 Å². The first-order valence-corrected chi connectivity index (χ1v) is 11.1. The van der Waals surface area contributed by atoms with Crippen molar-refractivity contribution >= 4 is 34.7 Å². The number of methoxy groups -OCH3 is 2. The van der Waals surface area contributed by atoms with E-state index in [1.54, 1.807) is 31.4 Å². The SMILES string of the molecule is COc1ccc(N2C(=O)C(c3ccccc3OC)=C(N3CC(C)CC(C)C3)C2=O)cc1Cl. The van der Waals surface area contributed by atoms with E-state index in [0.29, 0.717) is 64.0 Å². The lowest BCUT2D eigenvalue weighted by Crippen LogP contribution is -2.42. The molecule has 2 aromatic rings. The predicted octanol–water partition coefficient (Wildman–Crippen LogP) is 4.62. The Morgan fingerprint density at radius 1 is 0.906 bits per heavy atom. The molecule has 0 aliphatic carbocycles. The standard InChI is InChI=1S/C25H27ClN2O4/c1-15-11-16(2)14-27(13-15)23-22(18-7-5-6-8-20(18)31-3)24(29)28(25(23)30)17-9-10-21(32-4)19(26)12-17/h5-10,12,15-16H,11,13-14H2,1-4H3. The van der Waals surface area contributed by atoms with Crippen LogP contribution in [0.25, 0.3) is 5.57 Å². The Labute approximate surface area is 193 Å². The van der Waals surface area contributed by atoms with Crippen molar-refractivity contribution in [3.63, 3.8) is 0 Å². The van der Waals surface area contributed by atoms with E-state index < -0.39 is 0 Å². The van der Waals surface area contributed by atoms with Gasteiger partial charge < -0.3 is 14.4 Å². The number of carbonyl (C=O) groups is 2. The Bertz CT molecular complexity index is 1090. The van der Waals surface area contributed by atoms with Crippen LogP contribution >= 0.6 is 11.6 Å². The van der Waals surface area contributed by atoms with Crippen molar-refractivity contribution in [1.82, 2.24) is 4.90 Å². The van der Waals surface area contributed by atoms with E-state index in [1.165, 1.54) is 12.0 Å². The molecule has 0 N–H and O–H groups in total. The number of anilines is 1. The first kappa shape index (κ1) is 22.2. The van der Waals surface area contributed by atoms with Gasteiger partial charge >= 0.3 is 0 Å². The van der Waals surface area contributed by atoms with Crippen molar-refractivity contribution in [3.05, 3.63) is 58.7 Å². The molecule has 7 heteroatoms. The highest BCUT2D eigenvalue weighted by Crippen LogP contribution is 2.41. The highest BCUT2D eigenvalue weighted by atomic mass is 35.5. The zero-order valence-electron chi connectivity index (χ0n) is 18.7. The summed E-state index contributed by atoms with van der Waals surface area (Å²) in [5.74, 6) is 1.12. The normalized spacial score (nSPS) is 21.4. The van der Waals surface area contributed by atoms with Crippen LogP contribution in [0.2, 0.25) is 5.02 Å². The van der Waals surface area contributed by atoms with Gasteiger partial charge in [-0.25, -0.2) is 4.90 Å². The molecule has 1 fully saturated rings. The van der Waals surface area contributed by atoms with Gasteiger partial charge in [0.25, 0.3) is 11.8 Å². The minimum Gasteiger partial charge on any atom is -0.496 e. The van der Waals surface area contributed by atoms with Crippen LogP contribution in [0.4, 0.5) is 5.69 Å². The van der Waals surface area contributed by atoms with Crippen LogP contribution < -0.4 is 14.4 Å². The summed E-state index contributed by atoms with van der Waals surface area (Å²) in [5.41, 5.74) is 1.80. The predicted molar refractivity (Wildman–Crippen MR) is 125 cm³/mol. The van der Waals surface area contributed by atoms with Crippen LogP contribution in [0.1, 0.15) is 25.8 Å². The number of hydrogen-bond acceptors (Lipinski definition) is 5. The Morgan fingerprint density at radius 3 is 2.19 bits per heavy atom. The lowest BCUT2D eigenvalue weighted by Gasteiger charge is -2.37. The molecule has 168 valence electrons. The molecule has 2 aliphatic rings. The average Bonchev–Trinajstić information content (AvgIpc) is 3.02. The highest BCUT2D eigenvalue weighted by Gasteiger charge is 2.44. The molecule has 2 amide bonds. The van der Waals surface area contributed by atoms with Gasteiger partial charge in [-0.15, -0.1) is 0 Å². The van der Waals surface area contributed by atoms with Gasteiger partial charge in [-0.05, 0) is 42.5 Å². The molecule has 2 aliphatic heterocycles. The number of likely N-dealkylation sites (tertiary alicyclic amines) is 1. The van der Waals surface area contributed by atoms with Crippen molar-refractivity contribution in [3.8, 4) is 11.5 Å². The van der Waals surface area contributed by atoms with E-state index in [1.807, 2.05) is 18.2 Å². The smallest absolute Gasteiger partial charge is 0.282 e. The Kier molecular flexibility index (Phi) is 6.15. The number of hydrogen-bond donors (Lipinski definition) is 0. The monoisotopic (exact) mass is 454 g/mol. The van der Waals surface area contributed by atoms with Gasteiger partial charge in [0.15, 0.2) is 0 Å². The highest BCUT2D eigenvalue weighted by molar-refractivity contribution is 6.46. The summed E-state index contributed by atoms with van der Waals surface area (Å²) >= 11 is 6.31. The van der Waals surface area contributed by atoms with E-state index >= 15 is 0 Å². The zero-order valence-corrected chi connectivity index (χ0v) is 19.5. The van der Waals surface area contributed by atoms with Crippen LogP contribution in [0.5, 0.6) is 11.5 Å². The lowest BCUT2D eigenvalue weighted by molar-refractivity contribution is -0.120. The maximum absolute atomic E-state index is 13.8. The third-order valence-electron chi connectivity index (χ3n) is 6.01. The second-order valence-corrected chi connectivity index (χ2v) is 8.95. The largest absolute Gasteiger partial charge is 0.496 e. The lowest BCUT2D eigenvalue weighted by atomic mass is 9.91. The average molecular weight is 455 g/mol. The summed E-state index contributed by atoms with van der Waals surface area (Å²) in [6.45, 7) is 5.78. The van der Waals surface area contributed by atoms with Gasteiger partial charge in [0.1, 0.15) is 17.2 Å². The number of amides is 2. The minimum atomic E-state index is -0.387. The maximum Gasteiger partial charge on any atom is 0.282 e.